The third kappa shape index (κ3) is 6.49. The minimum atomic E-state index is -4.76. The molecule has 2 N–H and O–H groups in total. The molecule has 4 aromatic carbocycles. The highest BCUT2D eigenvalue weighted by molar-refractivity contribution is 5.97. The molecule has 1 heterocycles. The summed E-state index contributed by atoms with van der Waals surface area (Å²) in [5, 5.41) is 13.0. The highest BCUT2D eigenvalue weighted by Crippen LogP contribution is 2.37. The summed E-state index contributed by atoms with van der Waals surface area (Å²) in [5.74, 6) is 0.993. The molecule has 5 aromatic rings. The van der Waals surface area contributed by atoms with E-state index in [1.54, 1.807) is 36.4 Å². The number of halogens is 3. The molecule has 0 fully saturated rings. The molecule has 5 rings (SSSR count). The van der Waals surface area contributed by atoms with E-state index in [-0.39, 0.29) is 17.5 Å². The van der Waals surface area contributed by atoms with Gasteiger partial charge in [-0.25, -0.2) is 4.98 Å². The number of aliphatic hydroxyl groups is 1. The molecule has 2 atom stereocenters. The Kier molecular flexibility index (Phi) is 8.42. The van der Waals surface area contributed by atoms with Crippen LogP contribution in [0, 0.1) is 6.92 Å². The number of nitrogens with one attached hydrogen (secondary N) is 1. The van der Waals surface area contributed by atoms with Crippen molar-refractivity contribution >= 4 is 16.9 Å². The summed E-state index contributed by atoms with van der Waals surface area (Å²) in [5.41, 5.74) is 6.02. The molecule has 0 aliphatic heterocycles. The number of aromatic nitrogens is 2. The summed E-state index contributed by atoms with van der Waals surface area (Å²) in [6, 6.07) is 26.8. The monoisotopic (exact) mass is 585 g/mol. The highest BCUT2D eigenvalue weighted by Gasteiger charge is 2.40. The van der Waals surface area contributed by atoms with E-state index in [9.17, 15) is 23.1 Å². The topological polar surface area (TPSA) is 67.2 Å². The second-order valence-electron chi connectivity index (χ2n) is 11.2. The summed E-state index contributed by atoms with van der Waals surface area (Å²) in [7, 11) is 0. The first kappa shape index (κ1) is 30.0. The van der Waals surface area contributed by atoms with Crippen molar-refractivity contribution in [2.24, 2.45) is 0 Å². The number of rotatable bonds is 8. The van der Waals surface area contributed by atoms with Gasteiger partial charge >= 0.3 is 6.18 Å². The van der Waals surface area contributed by atoms with Crippen molar-refractivity contribution in [1.29, 1.82) is 0 Å². The van der Waals surface area contributed by atoms with Gasteiger partial charge in [-0.3, -0.25) is 4.79 Å². The van der Waals surface area contributed by atoms with Gasteiger partial charge in [0, 0.05) is 12.1 Å². The zero-order chi connectivity index (χ0) is 30.9. The van der Waals surface area contributed by atoms with Gasteiger partial charge in [0.1, 0.15) is 5.82 Å². The van der Waals surface area contributed by atoms with E-state index in [2.05, 4.69) is 36.3 Å². The fourth-order valence-corrected chi connectivity index (χ4v) is 5.29. The van der Waals surface area contributed by atoms with E-state index >= 15 is 0 Å². The van der Waals surface area contributed by atoms with Gasteiger partial charge in [-0.2, -0.15) is 13.2 Å². The number of fused-ring (bicyclic) bond motifs is 1. The largest absolute Gasteiger partial charge is 0.418 e. The molecule has 0 spiro atoms. The maximum absolute atomic E-state index is 13.2. The minimum absolute atomic E-state index is 0.159. The number of aryl methyl sites for hydroxylation is 1. The molecule has 43 heavy (non-hydrogen) atoms. The van der Waals surface area contributed by atoms with E-state index in [1.807, 2.05) is 48.7 Å². The predicted octanol–water partition coefficient (Wildman–Crippen LogP) is 8.27. The lowest BCUT2D eigenvalue weighted by atomic mass is 9.95. The molecule has 0 saturated carbocycles. The fraction of sp³-hybridized carbons (Fsp3) is 0.257. The third-order valence-corrected chi connectivity index (χ3v) is 7.80. The van der Waals surface area contributed by atoms with Crippen LogP contribution in [-0.2, 0) is 6.54 Å². The number of alkyl halides is 3. The molecule has 8 heteroatoms. The maximum atomic E-state index is 13.2. The molecule has 0 bridgehead atoms. The zero-order valence-electron chi connectivity index (χ0n) is 24.5. The van der Waals surface area contributed by atoms with Crippen molar-refractivity contribution in [3.8, 4) is 11.1 Å². The Morgan fingerprint density at radius 2 is 1.60 bits per heavy atom. The lowest BCUT2D eigenvalue weighted by molar-refractivity contribution is -0.206. The number of carbonyl (C=O) groups is 1. The quantitative estimate of drug-likeness (QED) is 0.193. The summed E-state index contributed by atoms with van der Waals surface area (Å²) in [6.07, 6.45) is -7.32. The van der Waals surface area contributed by atoms with Crippen molar-refractivity contribution in [2.75, 3.05) is 0 Å². The van der Waals surface area contributed by atoms with E-state index in [4.69, 9.17) is 0 Å². The van der Waals surface area contributed by atoms with E-state index < -0.39 is 12.3 Å². The van der Waals surface area contributed by atoms with E-state index in [1.165, 1.54) is 17.7 Å². The molecular formula is C35H34F3N3O2. The average Bonchev–Trinajstić information content (AvgIpc) is 3.30. The summed E-state index contributed by atoms with van der Waals surface area (Å²) in [6.45, 7) is 8.64. The Balaban J connectivity index is 1.33. The molecule has 1 aromatic heterocycles. The van der Waals surface area contributed by atoms with Gasteiger partial charge in [-0.1, -0.05) is 86.6 Å². The second-order valence-corrected chi connectivity index (χ2v) is 11.2. The molecule has 0 radical (unpaired) electrons. The number of hydrogen-bond donors (Lipinski definition) is 2. The highest BCUT2D eigenvalue weighted by atomic mass is 19.4. The summed E-state index contributed by atoms with van der Waals surface area (Å²) < 4.78 is 41.7. The molecule has 0 saturated heterocycles. The van der Waals surface area contributed by atoms with Crippen molar-refractivity contribution in [3.05, 3.63) is 125 Å². The lowest BCUT2D eigenvalue weighted by Crippen LogP contribution is -2.26. The lowest BCUT2D eigenvalue weighted by Gasteiger charge is -2.18. The number of aliphatic hydroxyl groups excluding tert-OH is 1. The molecule has 1 amide bonds. The first-order chi connectivity index (χ1) is 20.4. The van der Waals surface area contributed by atoms with Crippen molar-refractivity contribution in [2.45, 2.75) is 58.5 Å². The average molecular weight is 586 g/mol. The van der Waals surface area contributed by atoms with Gasteiger partial charge in [-0.05, 0) is 71.3 Å². The van der Waals surface area contributed by atoms with Crippen molar-refractivity contribution in [1.82, 2.24) is 14.9 Å². The summed E-state index contributed by atoms with van der Waals surface area (Å²) >= 11 is 0. The molecule has 0 aliphatic rings. The van der Waals surface area contributed by atoms with Crippen LogP contribution in [0.2, 0.25) is 0 Å². The van der Waals surface area contributed by atoms with Crippen LogP contribution in [0.1, 0.15) is 77.3 Å². The van der Waals surface area contributed by atoms with Gasteiger partial charge in [-0.15, -0.1) is 0 Å². The van der Waals surface area contributed by atoms with Crippen LogP contribution in [0.5, 0.6) is 0 Å². The number of amides is 1. The van der Waals surface area contributed by atoms with Crippen LogP contribution in [0.25, 0.3) is 22.2 Å². The standard InChI is InChI=1S/C35H34F3N3O2/c1-21(2)26-8-7-9-27(18-26)22(3)39-34(43)28-16-17-32-31(19-28)40-23(4)41(32)20-24-12-14-25(15-13-24)29-10-5-6-11-30(29)33(42)35(36,37)38/h5-19,21-22,33,42H,20H2,1-4H3,(H,39,43)/t22-,33?/m0/s1. The molecule has 5 nitrogen and oxygen atoms in total. The van der Waals surface area contributed by atoms with E-state index in [0.717, 1.165) is 22.5 Å². The van der Waals surface area contributed by atoms with Gasteiger partial charge < -0.3 is 15.0 Å². The zero-order valence-corrected chi connectivity index (χ0v) is 24.5. The maximum Gasteiger partial charge on any atom is 0.418 e. The van der Waals surface area contributed by atoms with Gasteiger partial charge in [0.2, 0.25) is 0 Å². The van der Waals surface area contributed by atoms with Crippen LogP contribution in [0.4, 0.5) is 13.2 Å². The molecule has 222 valence electrons. The van der Waals surface area contributed by atoms with Gasteiger partial charge in [0.15, 0.2) is 6.10 Å². The number of imidazole rings is 1. The Hall–Kier alpha value is -4.43. The SMILES string of the molecule is Cc1nc2cc(C(=O)N[C@@H](C)c3cccc(C(C)C)c3)ccc2n1Cc1ccc(-c2ccccc2C(O)C(F)(F)F)cc1. The van der Waals surface area contributed by atoms with Crippen LogP contribution in [-0.4, -0.2) is 26.7 Å². The first-order valence-electron chi connectivity index (χ1n) is 14.2. The predicted molar refractivity (Wildman–Crippen MR) is 163 cm³/mol. The first-order valence-corrected chi connectivity index (χ1v) is 14.2. The molecule has 0 aliphatic carbocycles. The van der Waals surface area contributed by atoms with Crippen molar-refractivity contribution < 1.29 is 23.1 Å². The summed E-state index contributed by atoms with van der Waals surface area (Å²) in [4.78, 5) is 17.8. The fourth-order valence-electron chi connectivity index (χ4n) is 5.29. The van der Waals surface area contributed by atoms with E-state index in [0.29, 0.717) is 34.7 Å². The van der Waals surface area contributed by atoms with Gasteiger partial charge in [0.05, 0.1) is 17.1 Å². The third-order valence-electron chi connectivity index (χ3n) is 7.80. The van der Waals surface area contributed by atoms with Gasteiger partial charge in [0.25, 0.3) is 5.91 Å². The normalized spacial score (nSPS) is 13.3. The van der Waals surface area contributed by atoms with Crippen molar-refractivity contribution in [3.63, 3.8) is 0 Å². The van der Waals surface area contributed by atoms with Crippen LogP contribution in [0.3, 0.4) is 0 Å². The number of nitrogens with zero attached hydrogens (tertiary/aromatic N) is 2. The van der Waals surface area contributed by atoms with Crippen LogP contribution in [0.15, 0.2) is 91.0 Å². The van der Waals surface area contributed by atoms with Crippen LogP contribution < -0.4 is 5.32 Å². The molecule has 1 unspecified atom stereocenters. The number of carbonyl (C=O) groups excluding carboxylic acids is 1. The second kappa shape index (κ2) is 12.1. The Morgan fingerprint density at radius 1 is 0.907 bits per heavy atom. The van der Waals surface area contributed by atoms with Crippen LogP contribution >= 0.6 is 0 Å². The smallest absolute Gasteiger partial charge is 0.379 e. The molecular weight excluding hydrogens is 551 g/mol. The number of hydrogen-bond acceptors (Lipinski definition) is 3. The minimum Gasteiger partial charge on any atom is -0.379 e. The Bertz CT molecular complexity index is 1760. The Morgan fingerprint density at radius 3 is 2.30 bits per heavy atom. The Labute approximate surface area is 249 Å². The number of benzene rings is 4.